The molecule has 1 aromatic heterocycles. The van der Waals surface area contributed by atoms with E-state index >= 15 is 0 Å². The highest BCUT2D eigenvalue weighted by atomic mass is 79.9. The van der Waals surface area contributed by atoms with Gasteiger partial charge in [0.25, 0.3) is 0 Å². The van der Waals surface area contributed by atoms with Crippen molar-refractivity contribution in [1.29, 1.82) is 0 Å². The molecular weight excluding hydrogens is 328 g/mol. The first-order valence-electron chi connectivity index (χ1n) is 6.98. The lowest BCUT2D eigenvalue weighted by Crippen LogP contribution is -2.09. The molecule has 108 valence electrons. The number of rotatable bonds is 1. The molecule has 0 unspecified atom stereocenters. The van der Waals surface area contributed by atoms with Crippen LogP contribution in [0.3, 0.4) is 0 Å². The molecule has 0 radical (unpaired) electrons. The molecule has 5 heteroatoms. The number of fused-ring (bicyclic) bond motifs is 1. The summed E-state index contributed by atoms with van der Waals surface area (Å²) in [4.78, 5) is 8.63. The fourth-order valence-electron chi connectivity index (χ4n) is 2.49. The zero-order valence-electron chi connectivity index (χ0n) is 11.9. The summed E-state index contributed by atoms with van der Waals surface area (Å²) in [5, 5.41) is 3.48. The lowest BCUT2D eigenvalue weighted by Gasteiger charge is -2.18. The highest BCUT2D eigenvalue weighted by Crippen LogP contribution is 2.29. The van der Waals surface area contributed by atoms with Crippen molar-refractivity contribution in [3.05, 3.63) is 51.9 Å². The predicted molar refractivity (Wildman–Crippen MR) is 89.9 cm³/mol. The number of nitrogens with two attached hydrogens (primary N) is 1. The number of nitrogens with zero attached hydrogens (tertiary/aromatic N) is 2. The Kier molecular flexibility index (Phi) is 3.92. The molecule has 0 saturated heterocycles. The SMILES string of the molecule is Cc1ccc2c(c1)NC(c1nc(Br)cnc1N)=CCCC2. The summed E-state index contributed by atoms with van der Waals surface area (Å²) in [6.45, 7) is 2.09. The molecule has 3 N–H and O–H groups in total. The number of nitrogen functional groups attached to an aromatic ring is 1. The van der Waals surface area contributed by atoms with Crippen molar-refractivity contribution in [2.45, 2.75) is 26.2 Å². The molecule has 2 aromatic rings. The van der Waals surface area contributed by atoms with Crippen molar-refractivity contribution in [3.63, 3.8) is 0 Å². The Hall–Kier alpha value is -1.88. The minimum absolute atomic E-state index is 0.437. The van der Waals surface area contributed by atoms with Crippen LogP contribution in [-0.4, -0.2) is 9.97 Å². The van der Waals surface area contributed by atoms with Gasteiger partial charge in [-0.05, 0) is 59.3 Å². The van der Waals surface area contributed by atoms with Crippen LogP contribution < -0.4 is 11.1 Å². The van der Waals surface area contributed by atoms with Gasteiger partial charge in [-0.1, -0.05) is 18.2 Å². The van der Waals surface area contributed by atoms with Gasteiger partial charge in [0.2, 0.25) is 0 Å². The van der Waals surface area contributed by atoms with Gasteiger partial charge in [-0.15, -0.1) is 0 Å². The second-order valence-corrected chi connectivity index (χ2v) is 6.03. The van der Waals surface area contributed by atoms with Crippen LogP contribution in [0.15, 0.2) is 35.1 Å². The standard InChI is InChI=1S/C16H17BrN4/c1-10-6-7-11-4-2-3-5-12(20-13(11)8-10)15-16(18)19-9-14(17)21-15/h5-9,20H,2-4H2,1H3,(H2,18,19). The van der Waals surface area contributed by atoms with Gasteiger partial charge in [-0.25, -0.2) is 9.97 Å². The van der Waals surface area contributed by atoms with Crippen LogP contribution in [0.2, 0.25) is 0 Å². The van der Waals surface area contributed by atoms with E-state index in [2.05, 4.69) is 62.4 Å². The molecule has 21 heavy (non-hydrogen) atoms. The van der Waals surface area contributed by atoms with E-state index < -0.39 is 0 Å². The van der Waals surface area contributed by atoms with Crippen molar-refractivity contribution < 1.29 is 0 Å². The van der Waals surface area contributed by atoms with Gasteiger partial charge in [0.05, 0.1) is 11.9 Å². The quantitative estimate of drug-likeness (QED) is 0.822. The number of nitrogens with one attached hydrogen (secondary N) is 1. The van der Waals surface area contributed by atoms with Crippen molar-refractivity contribution in [2.75, 3.05) is 11.1 Å². The Morgan fingerprint density at radius 3 is 3.05 bits per heavy atom. The molecule has 0 saturated carbocycles. The van der Waals surface area contributed by atoms with Crippen LogP contribution in [0.25, 0.3) is 5.70 Å². The zero-order chi connectivity index (χ0) is 14.8. The van der Waals surface area contributed by atoms with Gasteiger partial charge in [0.1, 0.15) is 10.3 Å². The average Bonchev–Trinajstić information content (AvgIpc) is 2.43. The summed E-state index contributed by atoms with van der Waals surface area (Å²) in [5.41, 5.74) is 11.3. The molecular formula is C16H17BrN4. The molecule has 1 aliphatic heterocycles. The highest BCUT2D eigenvalue weighted by Gasteiger charge is 2.14. The summed E-state index contributed by atoms with van der Waals surface area (Å²) >= 11 is 3.36. The minimum atomic E-state index is 0.437. The zero-order valence-corrected chi connectivity index (χ0v) is 13.4. The molecule has 0 atom stereocenters. The molecule has 0 amide bonds. The highest BCUT2D eigenvalue weighted by molar-refractivity contribution is 9.10. The van der Waals surface area contributed by atoms with Gasteiger partial charge in [0, 0.05) is 5.69 Å². The van der Waals surface area contributed by atoms with Crippen molar-refractivity contribution >= 4 is 33.1 Å². The van der Waals surface area contributed by atoms with Crippen molar-refractivity contribution in [2.24, 2.45) is 0 Å². The molecule has 1 aromatic carbocycles. The second-order valence-electron chi connectivity index (χ2n) is 5.22. The van der Waals surface area contributed by atoms with E-state index in [1.165, 1.54) is 11.1 Å². The number of hydrogen-bond donors (Lipinski definition) is 2. The lowest BCUT2D eigenvalue weighted by molar-refractivity contribution is 0.839. The minimum Gasteiger partial charge on any atom is -0.382 e. The van der Waals surface area contributed by atoms with E-state index in [-0.39, 0.29) is 0 Å². The molecule has 0 fully saturated rings. The van der Waals surface area contributed by atoms with E-state index in [0.29, 0.717) is 16.1 Å². The number of allylic oxidation sites excluding steroid dienone is 1. The number of benzene rings is 1. The maximum absolute atomic E-state index is 5.98. The summed E-state index contributed by atoms with van der Waals surface area (Å²) in [5.74, 6) is 0.437. The van der Waals surface area contributed by atoms with E-state index in [1.54, 1.807) is 6.20 Å². The van der Waals surface area contributed by atoms with Crippen LogP contribution in [0.1, 0.15) is 29.7 Å². The van der Waals surface area contributed by atoms with Crippen LogP contribution in [-0.2, 0) is 6.42 Å². The third-order valence-electron chi connectivity index (χ3n) is 3.56. The molecule has 2 heterocycles. The van der Waals surface area contributed by atoms with E-state index in [0.717, 1.165) is 30.6 Å². The maximum Gasteiger partial charge on any atom is 0.151 e. The Morgan fingerprint density at radius 2 is 2.19 bits per heavy atom. The van der Waals surface area contributed by atoms with Crippen molar-refractivity contribution in [1.82, 2.24) is 9.97 Å². The lowest BCUT2D eigenvalue weighted by atomic mass is 10.0. The number of hydrogen-bond acceptors (Lipinski definition) is 4. The van der Waals surface area contributed by atoms with Gasteiger partial charge in [-0.2, -0.15) is 0 Å². The first-order chi connectivity index (χ1) is 10.1. The summed E-state index contributed by atoms with van der Waals surface area (Å²) in [7, 11) is 0. The number of halogens is 1. The molecule has 0 bridgehead atoms. The molecule has 4 nitrogen and oxygen atoms in total. The molecule has 0 spiro atoms. The summed E-state index contributed by atoms with van der Waals surface area (Å²) in [6.07, 6.45) is 6.94. The third-order valence-corrected chi connectivity index (χ3v) is 3.94. The van der Waals surface area contributed by atoms with Gasteiger partial charge in [0.15, 0.2) is 5.82 Å². The Labute approximate surface area is 132 Å². The average molecular weight is 345 g/mol. The third kappa shape index (κ3) is 3.08. The fraction of sp³-hybridized carbons (Fsp3) is 0.250. The normalized spacial score (nSPS) is 14.5. The topological polar surface area (TPSA) is 63.8 Å². The Morgan fingerprint density at radius 1 is 1.33 bits per heavy atom. The molecule has 1 aliphatic rings. The second kappa shape index (κ2) is 5.85. The van der Waals surface area contributed by atoms with Crippen LogP contribution >= 0.6 is 15.9 Å². The van der Waals surface area contributed by atoms with Crippen LogP contribution in [0.5, 0.6) is 0 Å². The van der Waals surface area contributed by atoms with Gasteiger partial charge >= 0.3 is 0 Å². The number of aryl methyl sites for hydroxylation is 2. The molecule has 0 aliphatic carbocycles. The molecule has 3 rings (SSSR count). The van der Waals surface area contributed by atoms with Gasteiger partial charge in [-0.3, -0.25) is 0 Å². The summed E-state index contributed by atoms with van der Waals surface area (Å²) in [6, 6.07) is 6.51. The number of aromatic nitrogens is 2. The smallest absolute Gasteiger partial charge is 0.151 e. The van der Waals surface area contributed by atoms with Gasteiger partial charge < -0.3 is 11.1 Å². The first kappa shape index (κ1) is 14.1. The fourth-order valence-corrected chi connectivity index (χ4v) is 2.77. The largest absolute Gasteiger partial charge is 0.382 e. The van der Waals surface area contributed by atoms with Crippen LogP contribution in [0, 0.1) is 6.92 Å². The Bertz CT molecular complexity index is 709. The summed E-state index contributed by atoms with van der Waals surface area (Å²) < 4.78 is 0.681. The first-order valence-corrected chi connectivity index (χ1v) is 7.78. The van der Waals surface area contributed by atoms with Crippen molar-refractivity contribution in [3.8, 4) is 0 Å². The van der Waals surface area contributed by atoms with Crippen LogP contribution in [0.4, 0.5) is 11.5 Å². The Balaban J connectivity index is 2.04. The van der Waals surface area contributed by atoms with E-state index in [4.69, 9.17) is 5.73 Å². The predicted octanol–water partition coefficient (Wildman–Crippen LogP) is 3.92. The van der Waals surface area contributed by atoms with E-state index in [1.807, 2.05) is 0 Å². The van der Waals surface area contributed by atoms with E-state index in [9.17, 15) is 0 Å². The maximum atomic E-state index is 5.98. The number of anilines is 2. The monoisotopic (exact) mass is 344 g/mol.